The third-order valence-corrected chi connectivity index (χ3v) is 4.04. The maximum atomic E-state index is 5.60. The second-order valence-corrected chi connectivity index (χ2v) is 5.88. The average molecular weight is 303 g/mol. The van der Waals surface area contributed by atoms with Crippen LogP contribution in [0.3, 0.4) is 0 Å². The summed E-state index contributed by atoms with van der Waals surface area (Å²) in [6, 6.07) is 2.09. The van der Waals surface area contributed by atoms with Crippen LogP contribution in [0.4, 0.5) is 11.8 Å². The number of aromatic nitrogens is 3. The molecule has 0 radical (unpaired) electrons. The summed E-state index contributed by atoms with van der Waals surface area (Å²) in [5.41, 5.74) is 0. The summed E-state index contributed by atoms with van der Waals surface area (Å²) in [4.78, 5) is 15.4. The molecule has 3 rings (SSSR count). The van der Waals surface area contributed by atoms with Gasteiger partial charge in [-0.05, 0) is 13.0 Å². The van der Waals surface area contributed by atoms with Gasteiger partial charge in [0, 0.05) is 18.3 Å². The van der Waals surface area contributed by atoms with Gasteiger partial charge in [-0.2, -0.15) is 4.98 Å². The SMILES string of the molecule is CCc1cnc(CNc2nc(NC)nc3sc(C)cc23)o1. The van der Waals surface area contributed by atoms with Crippen LogP contribution >= 0.6 is 11.3 Å². The van der Waals surface area contributed by atoms with E-state index in [9.17, 15) is 0 Å². The lowest BCUT2D eigenvalue weighted by atomic mass is 10.3. The van der Waals surface area contributed by atoms with Crippen molar-refractivity contribution >= 4 is 33.3 Å². The highest BCUT2D eigenvalue weighted by Gasteiger charge is 2.11. The molecule has 6 nitrogen and oxygen atoms in total. The highest BCUT2D eigenvalue weighted by Crippen LogP contribution is 2.29. The van der Waals surface area contributed by atoms with E-state index in [2.05, 4.69) is 38.6 Å². The van der Waals surface area contributed by atoms with Crippen LogP contribution in [-0.2, 0) is 13.0 Å². The molecule has 21 heavy (non-hydrogen) atoms. The minimum Gasteiger partial charge on any atom is -0.444 e. The number of hydrogen-bond donors (Lipinski definition) is 2. The molecule has 110 valence electrons. The highest BCUT2D eigenvalue weighted by atomic mass is 32.1. The van der Waals surface area contributed by atoms with Crippen molar-refractivity contribution in [3.05, 3.63) is 28.8 Å². The Hall–Kier alpha value is -2.15. The summed E-state index contributed by atoms with van der Waals surface area (Å²) in [6.07, 6.45) is 2.61. The minimum atomic E-state index is 0.504. The second-order valence-electron chi connectivity index (χ2n) is 4.65. The number of rotatable bonds is 5. The maximum Gasteiger partial charge on any atom is 0.225 e. The maximum absolute atomic E-state index is 5.60. The van der Waals surface area contributed by atoms with Gasteiger partial charge in [-0.3, -0.25) is 0 Å². The fourth-order valence-electron chi connectivity index (χ4n) is 2.04. The molecule has 0 bridgehead atoms. The Morgan fingerprint density at radius 1 is 1.33 bits per heavy atom. The van der Waals surface area contributed by atoms with Gasteiger partial charge in [0.1, 0.15) is 16.4 Å². The number of anilines is 2. The first-order valence-corrected chi connectivity index (χ1v) is 7.64. The monoisotopic (exact) mass is 303 g/mol. The summed E-state index contributed by atoms with van der Waals surface area (Å²) in [5, 5.41) is 7.30. The molecule has 7 heteroatoms. The first-order valence-electron chi connectivity index (χ1n) is 6.83. The van der Waals surface area contributed by atoms with Gasteiger partial charge in [0.2, 0.25) is 11.8 Å². The Labute approximate surface area is 126 Å². The quantitative estimate of drug-likeness (QED) is 0.754. The fourth-order valence-corrected chi connectivity index (χ4v) is 2.92. The smallest absolute Gasteiger partial charge is 0.225 e. The molecule has 0 unspecified atom stereocenters. The average Bonchev–Trinajstić information content (AvgIpc) is 3.09. The third kappa shape index (κ3) is 2.82. The molecule has 0 fully saturated rings. The van der Waals surface area contributed by atoms with Gasteiger partial charge in [0.15, 0.2) is 0 Å². The van der Waals surface area contributed by atoms with Crippen molar-refractivity contribution in [1.29, 1.82) is 0 Å². The summed E-state index contributed by atoms with van der Waals surface area (Å²) >= 11 is 1.66. The minimum absolute atomic E-state index is 0.504. The van der Waals surface area contributed by atoms with Gasteiger partial charge in [-0.25, -0.2) is 9.97 Å². The number of nitrogens with one attached hydrogen (secondary N) is 2. The Morgan fingerprint density at radius 2 is 2.19 bits per heavy atom. The molecule has 0 aliphatic rings. The molecule has 0 aromatic carbocycles. The molecule has 0 saturated heterocycles. The topological polar surface area (TPSA) is 75.9 Å². The zero-order chi connectivity index (χ0) is 14.8. The van der Waals surface area contributed by atoms with Crippen molar-refractivity contribution in [2.75, 3.05) is 17.7 Å². The van der Waals surface area contributed by atoms with Crippen molar-refractivity contribution in [1.82, 2.24) is 15.0 Å². The van der Waals surface area contributed by atoms with E-state index in [4.69, 9.17) is 4.42 Å². The normalized spacial score (nSPS) is 11.0. The molecule has 0 amide bonds. The van der Waals surface area contributed by atoms with E-state index >= 15 is 0 Å². The van der Waals surface area contributed by atoms with Crippen LogP contribution in [0.25, 0.3) is 10.2 Å². The largest absolute Gasteiger partial charge is 0.444 e. The zero-order valence-corrected chi connectivity index (χ0v) is 13.0. The van der Waals surface area contributed by atoms with Crippen LogP contribution in [-0.4, -0.2) is 22.0 Å². The van der Waals surface area contributed by atoms with E-state index in [1.807, 2.05) is 14.0 Å². The van der Waals surface area contributed by atoms with E-state index in [0.717, 1.165) is 28.2 Å². The molecular weight excluding hydrogens is 286 g/mol. The Balaban J connectivity index is 1.88. The van der Waals surface area contributed by atoms with E-state index in [0.29, 0.717) is 18.4 Å². The van der Waals surface area contributed by atoms with Crippen molar-refractivity contribution in [3.63, 3.8) is 0 Å². The van der Waals surface area contributed by atoms with Crippen molar-refractivity contribution in [2.24, 2.45) is 0 Å². The van der Waals surface area contributed by atoms with Crippen LogP contribution in [0.15, 0.2) is 16.7 Å². The zero-order valence-electron chi connectivity index (χ0n) is 12.2. The Bertz CT molecular complexity index is 764. The summed E-state index contributed by atoms with van der Waals surface area (Å²) in [6.45, 7) is 4.61. The summed E-state index contributed by atoms with van der Waals surface area (Å²) in [7, 11) is 1.81. The lowest BCUT2D eigenvalue weighted by Crippen LogP contribution is -2.05. The van der Waals surface area contributed by atoms with E-state index in [1.54, 1.807) is 17.5 Å². The molecule has 0 aliphatic carbocycles. The predicted octanol–water partition coefficient (Wildman–Crippen LogP) is 3.20. The fraction of sp³-hybridized carbons (Fsp3) is 0.357. The molecular formula is C14H17N5OS. The van der Waals surface area contributed by atoms with Gasteiger partial charge in [-0.15, -0.1) is 11.3 Å². The molecule has 2 N–H and O–H groups in total. The van der Waals surface area contributed by atoms with Gasteiger partial charge >= 0.3 is 0 Å². The standard InChI is InChI=1S/C14H17N5OS/c1-4-9-6-16-11(20-9)7-17-12-10-5-8(2)21-13(10)19-14(15-3)18-12/h5-6H,4,7H2,1-3H3,(H2,15,17,18,19). The van der Waals surface area contributed by atoms with Gasteiger partial charge < -0.3 is 15.1 Å². The molecule has 0 spiro atoms. The van der Waals surface area contributed by atoms with Crippen molar-refractivity contribution < 1.29 is 4.42 Å². The second kappa shape index (κ2) is 5.69. The molecule has 3 aromatic heterocycles. The molecule has 3 aromatic rings. The van der Waals surface area contributed by atoms with Crippen LogP contribution in [0.2, 0.25) is 0 Å². The number of nitrogens with zero attached hydrogens (tertiary/aromatic N) is 3. The number of aryl methyl sites for hydroxylation is 2. The van der Waals surface area contributed by atoms with E-state index < -0.39 is 0 Å². The van der Waals surface area contributed by atoms with E-state index in [1.165, 1.54) is 4.88 Å². The van der Waals surface area contributed by atoms with E-state index in [-0.39, 0.29) is 0 Å². The number of thiophene rings is 1. The first-order chi connectivity index (χ1) is 10.2. The van der Waals surface area contributed by atoms with Crippen molar-refractivity contribution in [2.45, 2.75) is 26.8 Å². The molecule has 3 heterocycles. The predicted molar refractivity (Wildman–Crippen MR) is 84.9 cm³/mol. The first kappa shape index (κ1) is 13.8. The highest BCUT2D eigenvalue weighted by molar-refractivity contribution is 7.18. The van der Waals surface area contributed by atoms with Crippen LogP contribution in [0, 0.1) is 6.92 Å². The lowest BCUT2D eigenvalue weighted by molar-refractivity contribution is 0.465. The van der Waals surface area contributed by atoms with Crippen LogP contribution < -0.4 is 10.6 Å². The van der Waals surface area contributed by atoms with Crippen molar-refractivity contribution in [3.8, 4) is 0 Å². The lowest BCUT2D eigenvalue weighted by Gasteiger charge is -2.06. The summed E-state index contributed by atoms with van der Waals surface area (Å²) in [5.74, 6) is 2.96. The molecule has 0 aliphatic heterocycles. The van der Waals surface area contributed by atoms with Gasteiger partial charge in [-0.1, -0.05) is 6.92 Å². The molecule has 0 atom stereocenters. The van der Waals surface area contributed by atoms with Gasteiger partial charge in [0.25, 0.3) is 0 Å². The number of oxazole rings is 1. The third-order valence-electron chi connectivity index (χ3n) is 3.10. The van der Waals surface area contributed by atoms with Gasteiger partial charge in [0.05, 0.1) is 18.1 Å². The summed E-state index contributed by atoms with van der Waals surface area (Å²) < 4.78 is 5.60. The Kier molecular flexibility index (Phi) is 3.74. The molecule has 0 saturated carbocycles. The number of fused-ring (bicyclic) bond motifs is 1. The van der Waals surface area contributed by atoms with Crippen LogP contribution in [0.5, 0.6) is 0 Å². The van der Waals surface area contributed by atoms with Crippen LogP contribution in [0.1, 0.15) is 23.5 Å². The number of hydrogen-bond acceptors (Lipinski definition) is 7. The Morgan fingerprint density at radius 3 is 2.90 bits per heavy atom.